The molecule has 170 valence electrons. The number of imidazole rings is 1. The maximum atomic E-state index is 13.3. The molecule has 3 heterocycles. The number of aromatic nitrogens is 7. The van der Waals surface area contributed by atoms with Gasteiger partial charge in [0.2, 0.25) is 0 Å². The number of phenolic OH excluding ortho intramolecular Hbond substituents is 1. The SMILES string of the molecule is CCCc1cn(-c2ccccc2O)c(=O)n1Cc1ccc(-c2cccnc2-c2nnn[nH]2)cc1. The first kappa shape index (κ1) is 21.3. The lowest BCUT2D eigenvalue weighted by molar-refractivity contribution is 0.471. The second-order valence-corrected chi connectivity index (χ2v) is 7.94. The number of phenols is 1. The number of H-pyrrole nitrogens is 1. The van der Waals surface area contributed by atoms with Crippen molar-refractivity contribution in [1.82, 2.24) is 34.7 Å². The highest BCUT2D eigenvalue weighted by Crippen LogP contribution is 2.28. The van der Waals surface area contributed by atoms with Gasteiger partial charge in [-0.1, -0.05) is 55.8 Å². The highest BCUT2D eigenvalue weighted by Gasteiger charge is 2.15. The number of hydrogen-bond donors (Lipinski definition) is 2. The molecule has 5 aromatic rings. The lowest BCUT2D eigenvalue weighted by Gasteiger charge is -2.09. The Morgan fingerprint density at radius 2 is 1.85 bits per heavy atom. The molecule has 0 amide bonds. The number of nitrogens with one attached hydrogen (secondary N) is 1. The van der Waals surface area contributed by atoms with E-state index in [9.17, 15) is 9.90 Å². The Kier molecular flexibility index (Phi) is 5.73. The third-order valence-electron chi connectivity index (χ3n) is 5.69. The molecule has 5 rings (SSSR count). The van der Waals surface area contributed by atoms with Gasteiger partial charge < -0.3 is 5.11 Å². The first-order chi connectivity index (χ1) is 16.7. The molecule has 0 radical (unpaired) electrons. The minimum absolute atomic E-state index is 0.0726. The standard InChI is InChI=1S/C25H23N7O2/c1-2-6-19-16-32(21-8-3-4-9-22(21)33)25(34)31(19)15-17-10-12-18(13-11-17)20-7-5-14-26-23(20)24-27-29-30-28-24/h3-5,7-14,16,33H,2,6,15H2,1H3,(H,27,28,29,30). The molecule has 0 aliphatic rings. The number of para-hydroxylation sites is 2. The molecule has 2 N–H and O–H groups in total. The van der Waals surface area contributed by atoms with Crippen LogP contribution in [0.4, 0.5) is 0 Å². The average Bonchev–Trinajstić information content (AvgIpc) is 3.50. The van der Waals surface area contributed by atoms with Crippen LogP contribution in [0.1, 0.15) is 24.6 Å². The Bertz CT molecular complexity index is 1470. The van der Waals surface area contributed by atoms with E-state index in [2.05, 4.69) is 32.5 Å². The predicted octanol–water partition coefficient (Wildman–Crippen LogP) is 3.59. The summed E-state index contributed by atoms with van der Waals surface area (Å²) in [4.78, 5) is 17.7. The number of aryl methyl sites for hydroxylation is 1. The van der Waals surface area contributed by atoms with E-state index in [0.717, 1.165) is 35.2 Å². The number of rotatable bonds is 7. The van der Waals surface area contributed by atoms with Crippen molar-refractivity contribution >= 4 is 0 Å². The van der Waals surface area contributed by atoms with Crippen molar-refractivity contribution in [2.45, 2.75) is 26.3 Å². The van der Waals surface area contributed by atoms with Crippen molar-refractivity contribution < 1.29 is 5.11 Å². The molecule has 9 heteroatoms. The zero-order valence-electron chi connectivity index (χ0n) is 18.6. The predicted molar refractivity (Wildman–Crippen MR) is 128 cm³/mol. The summed E-state index contributed by atoms with van der Waals surface area (Å²) in [5.41, 5.74) is 4.75. The van der Waals surface area contributed by atoms with E-state index >= 15 is 0 Å². The molecule has 9 nitrogen and oxygen atoms in total. The van der Waals surface area contributed by atoms with Crippen LogP contribution in [0, 0.1) is 0 Å². The van der Waals surface area contributed by atoms with Gasteiger partial charge in [-0.05, 0) is 46.2 Å². The highest BCUT2D eigenvalue weighted by molar-refractivity contribution is 5.77. The minimum Gasteiger partial charge on any atom is -0.506 e. The number of aromatic hydroxyl groups is 1. The molecule has 0 spiro atoms. The fourth-order valence-electron chi connectivity index (χ4n) is 4.05. The van der Waals surface area contributed by atoms with Gasteiger partial charge in [0.25, 0.3) is 0 Å². The van der Waals surface area contributed by atoms with Gasteiger partial charge in [-0.15, -0.1) is 5.10 Å². The molecular formula is C25H23N7O2. The highest BCUT2D eigenvalue weighted by atomic mass is 16.3. The van der Waals surface area contributed by atoms with E-state index in [4.69, 9.17) is 0 Å². The molecule has 0 atom stereocenters. The first-order valence-electron chi connectivity index (χ1n) is 11.0. The van der Waals surface area contributed by atoms with Crippen molar-refractivity contribution in [1.29, 1.82) is 0 Å². The van der Waals surface area contributed by atoms with E-state index in [1.54, 1.807) is 35.0 Å². The second-order valence-electron chi connectivity index (χ2n) is 7.94. The Labute approximate surface area is 195 Å². The van der Waals surface area contributed by atoms with Gasteiger partial charge in [-0.2, -0.15) is 0 Å². The molecular weight excluding hydrogens is 430 g/mol. The number of pyridine rings is 1. The van der Waals surface area contributed by atoms with Crippen LogP contribution in [0.5, 0.6) is 5.75 Å². The van der Waals surface area contributed by atoms with E-state index in [-0.39, 0.29) is 11.4 Å². The Balaban J connectivity index is 1.48. The van der Waals surface area contributed by atoms with Gasteiger partial charge in [-0.25, -0.2) is 9.89 Å². The van der Waals surface area contributed by atoms with Crippen LogP contribution < -0.4 is 5.69 Å². The summed E-state index contributed by atoms with van der Waals surface area (Å²) >= 11 is 0. The molecule has 2 aromatic carbocycles. The van der Waals surface area contributed by atoms with Crippen LogP contribution in [0.25, 0.3) is 28.3 Å². The monoisotopic (exact) mass is 453 g/mol. The van der Waals surface area contributed by atoms with Gasteiger partial charge >= 0.3 is 5.69 Å². The largest absolute Gasteiger partial charge is 0.506 e. The van der Waals surface area contributed by atoms with E-state index in [1.165, 1.54) is 4.57 Å². The topological polar surface area (TPSA) is 115 Å². The van der Waals surface area contributed by atoms with E-state index < -0.39 is 0 Å². The van der Waals surface area contributed by atoms with Gasteiger partial charge in [0, 0.05) is 23.7 Å². The van der Waals surface area contributed by atoms with Crippen molar-refractivity contribution in [3.63, 3.8) is 0 Å². The quantitative estimate of drug-likeness (QED) is 0.389. The van der Waals surface area contributed by atoms with Crippen LogP contribution in [0.2, 0.25) is 0 Å². The van der Waals surface area contributed by atoms with Crippen molar-refractivity contribution in [2.24, 2.45) is 0 Å². The van der Waals surface area contributed by atoms with Crippen LogP contribution in [-0.2, 0) is 13.0 Å². The van der Waals surface area contributed by atoms with Gasteiger partial charge in [0.05, 0.1) is 12.2 Å². The maximum absolute atomic E-state index is 13.3. The smallest absolute Gasteiger partial charge is 0.333 e. The molecule has 0 aliphatic carbocycles. The van der Waals surface area contributed by atoms with Crippen LogP contribution in [-0.4, -0.2) is 39.8 Å². The summed E-state index contributed by atoms with van der Waals surface area (Å²) in [6, 6.07) is 18.7. The summed E-state index contributed by atoms with van der Waals surface area (Å²) in [5, 5.41) is 24.3. The number of nitrogens with zero attached hydrogens (tertiary/aromatic N) is 6. The number of benzene rings is 2. The molecule has 34 heavy (non-hydrogen) atoms. The van der Waals surface area contributed by atoms with E-state index in [0.29, 0.717) is 23.8 Å². The summed E-state index contributed by atoms with van der Waals surface area (Å²) < 4.78 is 3.28. The Morgan fingerprint density at radius 3 is 2.59 bits per heavy atom. The molecule has 0 saturated heterocycles. The fourth-order valence-corrected chi connectivity index (χ4v) is 4.05. The molecule has 0 aliphatic heterocycles. The van der Waals surface area contributed by atoms with Crippen LogP contribution in [0.3, 0.4) is 0 Å². The second kappa shape index (κ2) is 9.14. The molecule has 0 saturated carbocycles. The Hall–Kier alpha value is -4.53. The van der Waals surface area contributed by atoms with E-state index in [1.807, 2.05) is 42.6 Å². The number of aromatic amines is 1. The average molecular weight is 454 g/mol. The summed E-state index contributed by atoms with van der Waals surface area (Å²) in [7, 11) is 0. The summed E-state index contributed by atoms with van der Waals surface area (Å²) in [5.74, 6) is 0.573. The molecule has 0 bridgehead atoms. The molecule has 0 fully saturated rings. The summed E-state index contributed by atoms with van der Waals surface area (Å²) in [6.45, 7) is 2.51. The van der Waals surface area contributed by atoms with Crippen LogP contribution in [0.15, 0.2) is 77.9 Å². The number of tetrazole rings is 1. The molecule has 3 aromatic heterocycles. The van der Waals surface area contributed by atoms with Gasteiger partial charge in [0.1, 0.15) is 11.4 Å². The maximum Gasteiger partial charge on any atom is 0.333 e. The lowest BCUT2D eigenvalue weighted by Crippen LogP contribution is -2.24. The first-order valence-corrected chi connectivity index (χ1v) is 11.0. The zero-order valence-corrected chi connectivity index (χ0v) is 18.6. The molecule has 0 unspecified atom stereocenters. The Morgan fingerprint density at radius 1 is 1.03 bits per heavy atom. The van der Waals surface area contributed by atoms with Crippen molar-refractivity contribution in [2.75, 3.05) is 0 Å². The zero-order chi connectivity index (χ0) is 23.5. The lowest BCUT2D eigenvalue weighted by atomic mass is 10.0. The van der Waals surface area contributed by atoms with Crippen molar-refractivity contribution in [3.8, 4) is 34.1 Å². The van der Waals surface area contributed by atoms with Gasteiger partial charge in [-0.3, -0.25) is 14.1 Å². The van der Waals surface area contributed by atoms with Crippen molar-refractivity contribution in [3.05, 3.63) is 94.8 Å². The summed E-state index contributed by atoms with van der Waals surface area (Å²) in [6.07, 6.45) is 5.19. The fraction of sp³-hybridized carbons (Fsp3) is 0.160. The minimum atomic E-state index is -0.179. The van der Waals surface area contributed by atoms with Crippen LogP contribution >= 0.6 is 0 Å². The number of hydrogen-bond acceptors (Lipinski definition) is 6. The third-order valence-corrected chi connectivity index (χ3v) is 5.69. The normalized spacial score (nSPS) is 11.1. The van der Waals surface area contributed by atoms with Gasteiger partial charge in [0.15, 0.2) is 5.82 Å². The third kappa shape index (κ3) is 3.99.